The number of benzene rings is 2. The van der Waals surface area contributed by atoms with E-state index in [0.29, 0.717) is 11.3 Å². The first-order valence-corrected chi connectivity index (χ1v) is 10.7. The van der Waals surface area contributed by atoms with E-state index in [-0.39, 0.29) is 16.3 Å². The fraction of sp³-hybridized carbons (Fsp3) is 0.160. The van der Waals surface area contributed by atoms with Gasteiger partial charge < -0.3 is 14.0 Å². The molecular weight excluding hydrogens is 458 g/mol. The Hall–Kier alpha value is -4.04. The number of carbonyl (C=O) groups excluding carboxylic acids is 3. The number of urea groups is 1. The lowest BCUT2D eigenvalue weighted by atomic mass is 10.1. The highest BCUT2D eigenvalue weighted by Crippen LogP contribution is 2.31. The van der Waals surface area contributed by atoms with Gasteiger partial charge in [-0.05, 0) is 74.0 Å². The van der Waals surface area contributed by atoms with Gasteiger partial charge in [0.15, 0.2) is 0 Å². The number of methoxy groups -OCH3 is 2. The summed E-state index contributed by atoms with van der Waals surface area (Å²) in [4.78, 5) is 39.2. The van der Waals surface area contributed by atoms with Crippen LogP contribution in [0.2, 0.25) is 5.02 Å². The van der Waals surface area contributed by atoms with Crippen molar-refractivity contribution < 1.29 is 23.9 Å². The molecule has 8 nitrogen and oxygen atoms in total. The van der Waals surface area contributed by atoms with E-state index in [4.69, 9.17) is 21.1 Å². The van der Waals surface area contributed by atoms with Gasteiger partial charge in [0, 0.05) is 17.1 Å². The van der Waals surface area contributed by atoms with Crippen LogP contribution < -0.4 is 19.7 Å². The van der Waals surface area contributed by atoms with E-state index in [0.717, 1.165) is 27.7 Å². The number of halogens is 1. The lowest BCUT2D eigenvalue weighted by Crippen LogP contribution is -2.54. The molecule has 1 fully saturated rings. The van der Waals surface area contributed by atoms with Crippen molar-refractivity contribution in [3.05, 3.63) is 76.1 Å². The van der Waals surface area contributed by atoms with Crippen LogP contribution in [-0.2, 0) is 9.59 Å². The molecule has 0 unspecified atom stereocenters. The number of barbiturate groups is 1. The maximum Gasteiger partial charge on any atom is 0.335 e. The van der Waals surface area contributed by atoms with Gasteiger partial charge in [0.1, 0.15) is 17.1 Å². The summed E-state index contributed by atoms with van der Waals surface area (Å²) in [6, 6.07) is 13.1. The molecule has 1 aliphatic heterocycles. The third kappa shape index (κ3) is 4.04. The number of amides is 4. The average Bonchev–Trinajstić information content (AvgIpc) is 3.09. The molecule has 34 heavy (non-hydrogen) atoms. The minimum atomic E-state index is -0.850. The molecule has 174 valence electrons. The molecule has 0 radical (unpaired) electrons. The van der Waals surface area contributed by atoms with E-state index in [1.165, 1.54) is 25.3 Å². The Morgan fingerprint density at radius 1 is 0.912 bits per heavy atom. The average molecular weight is 480 g/mol. The number of hydrogen-bond acceptors (Lipinski definition) is 5. The van der Waals surface area contributed by atoms with Gasteiger partial charge in [-0.15, -0.1) is 0 Å². The van der Waals surface area contributed by atoms with Gasteiger partial charge in [0.2, 0.25) is 0 Å². The molecule has 0 saturated carbocycles. The molecule has 4 rings (SSSR count). The number of aromatic nitrogens is 1. The predicted octanol–water partition coefficient (Wildman–Crippen LogP) is 4.43. The molecule has 3 aromatic rings. The second-order valence-electron chi connectivity index (χ2n) is 7.64. The van der Waals surface area contributed by atoms with Gasteiger partial charge >= 0.3 is 6.03 Å². The SMILES string of the molecule is COc1ccc(-n2c(C)cc(C=C3C(=O)NC(=O)N(c4ccc(OC)c(Cl)c4)C3=O)c2C)cc1. The van der Waals surface area contributed by atoms with Crippen LogP contribution in [0.4, 0.5) is 10.5 Å². The third-order valence-corrected chi connectivity index (χ3v) is 5.89. The molecule has 0 aliphatic carbocycles. The highest BCUT2D eigenvalue weighted by atomic mass is 35.5. The first kappa shape index (κ1) is 23.1. The number of anilines is 1. The van der Waals surface area contributed by atoms with Gasteiger partial charge in [-0.2, -0.15) is 0 Å². The van der Waals surface area contributed by atoms with Crippen LogP contribution >= 0.6 is 11.6 Å². The van der Waals surface area contributed by atoms with Gasteiger partial charge in [-0.25, -0.2) is 9.69 Å². The van der Waals surface area contributed by atoms with E-state index in [2.05, 4.69) is 5.32 Å². The van der Waals surface area contributed by atoms with Crippen molar-refractivity contribution in [2.24, 2.45) is 0 Å². The largest absolute Gasteiger partial charge is 0.497 e. The smallest absolute Gasteiger partial charge is 0.335 e. The van der Waals surface area contributed by atoms with E-state index in [1.54, 1.807) is 13.2 Å². The highest BCUT2D eigenvalue weighted by molar-refractivity contribution is 6.39. The Morgan fingerprint density at radius 3 is 2.21 bits per heavy atom. The van der Waals surface area contributed by atoms with Crippen molar-refractivity contribution in [1.29, 1.82) is 0 Å². The number of carbonyl (C=O) groups is 3. The zero-order valence-electron chi connectivity index (χ0n) is 19.0. The molecule has 9 heteroatoms. The molecule has 2 aromatic carbocycles. The normalized spacial score (nSPS) is 15.0. The van der Waals surface area contributed by atoms with E-state index in [1.807, 2.05) is 48.7 Å². The van der Waals surface area contributed by atoms with Gasteiger partial charge in [0.25, 0.3) is 11.8 Å². The first-order valence-electron chi connectivity index (χ1n) is 10.3. The summed E-state index contributed by atoms with van der Waals surface area (Å²) in [7, 11) is 3.06. The van der Waals surface area contributed by atoms with Crippen LogP contribution in [0.25, 0.3) is 11.8 Å². The second kappa shape index (κ2) is 9.07. The molecule has 0 spiro atoms. The summed E-state index contributed by atoms with van der Waals surface area (Å²) in [5.41, 5.74) is 3.37. The lowest BCUT2D eigenvalue weighted by Gasteiger charge is -2.26. The van der Waals surface area contributed by atoms with Crippen LogP contribution in [0.5, 0.6) is 11.5 Å². The molecule has 0 bridgehead atoms. The quantitative estimate of drug-likeness (QED) is 0.432. The summed E-state index contributed by atoms with van der Waals surface area (Å²) in [6.07, 6.45) is 1.49. The van der Waals surface area contributed by atoms with E-state index >= 15 is 0 Å². The molecule has 1 N–H and O–H groups in total. The van der Waals surface area contributed by atoms with Crippen LogP contribution in [0.3, 0.4) is 0 Å². The number of ether oxygens (including phenoxy) is 2. The van der Waals surface area contributed by atoms with Gasteiger partial charge in [0.05, 0.1) is 24.9 Å². The molecule has 1 aromatic heterocycles. The molecular formula is C25H22ClN3O5. The molecule has 4 amide bonds. The summed E-state index contributed by atoms with van der Waals surface area (Å²) in [6.45, 7) is 3.82. The Morgan fingerprint density at radius 2 is 1.59 bits per heavy atom. The lowest BCUT2D eigenvalue weighted by molar-refractivity contribution is -0.122. The van der Waals surface area contributed by atoms with E-state index in [9.17, 15) is 14.4 Å². The standard InChI is InChI=1S/C25H22ClN3O5/c1-14-11-16(15(2)28(14)17-5-8-19(33-3)9-6-17)12-20-23(30)27-25(32)29(24(20)31)18-7-10-22(34-4)21(26)13-18/h5-13H,1-4H3,(H,27,30,32). The Bertz CT molecular complexity index is 1340. The van der Waals surface area contributed by atoms with Crippen molar-refractivity contribution >= 4 is 41.2 Å². The van der Waals surface area contributed by atoms with Crippen molar-refractivity contribution in [3.63, 3.8) is 0 Å². The fourth-order valence-corrected chi connectivity index (χ4v) is 4.16. The number of rotatable bonds is 5. The van der Waals surface area contributed by atoms with E-state index < -0.39 is 17.8 Å². The first-order chi connectivity index (χ1) is 16.2. The molecule has 1 saturated heterocycles. The zero-order chi connectivity index (χ0) is 24.6. The molecule has 2 heterocycles. The van der Waals surface area contributed by atoms with Crippen LogP contribution in [-0.4, -0.2) is 36.6 Å². The number of imide groups is 2. The maximum absolute atomic E-state index is 13.2. The van der Waals surface area contributed by atoms with Crippen LogP contribution in [0.1, 0.15) is 17.0 Å². The summed E-state index contributed by atoms with van der Waals surface area (Å²) in [5, 5.41) is 2.45. The fourth-order valence-electron chi connectivity index (χ4n) is 3.90. The minimum absolute atomic E-state index is 0.165. The zero-order valence-corrected chi connectivity index (χ0v) is 19.8. The van der Waals surface area contributed by atoms with Gasteiger partial charge in [-0.1, -0.05) is 11.6 Å². The Kier molecular flexibility index (Phi) is 6.17. The van der Waals surface area contributed by atoms with Crippen LogP contribution in [0.15, 0.2) is 54.1 Å². The highest BCUT2D eigenvalue weighted by Gasteiger charge is 2.37. The van der Waals surface area contributed by atoms with Crippen molar-refractivity contribution in [1.82, 2.24) is 9.88 Å². The topological polar surface area (TPSA) is 89.9 Å². The minimum Gasteiger partial charge on any atom is -0.497 e. The monoisotopic (exact) mass is 479 g/mol. The van der Waals surface area contributed by atoms with Crippen molar-refractivity contribution in [2.45, 2.75) is 13.8 Å². The number of aryl methyl sites for hydroxylation is 1. The molecule has 0 atom stereocenters. The predicted molar refractivity (Wildman–Crippen MR) is 129 cm³/mol. The number of nitrogens with one attached hydrogen (secondary N) is 1. The van der Waals surface area contributed by atoms with Crippen molar-refractivity contribution in [2.75, 3.05) is 19.1 Å². The summed E-state index contributed by atoms with van der Waals surface area (Å²) in [5.74, 6) is -0.376. The second-order valence-corrected chi connectivity index (χ2v) is 8.04. The van der Waals surface area contributed by atoms with Gasteiger partial charge in [-0.3, -0.25) is 14.9 Å². The van der Waals surface area contributed by atoms with Crippen LogP contribution in [0, 0.1) is 13.8 Å². The summed E-state index contributed by atoms with van der Waals surface area (Å²) >= 11 is 6.17. The Balaban J connectivity index is 1.73. The maximum atomic E-state index is 13.2. The van der Waals surface area contributed by atoms with Crippen molar-refractivity contribution in [3.8, 4) is 17.2 Å². The summed E-state index contributed by atoms with van der Waals surface area (Å²) < 4.78 is 12.3. The number of hydrogen-bond donors (Lipinski definition) is 1. The Labute approximate surface area is 201 Å². The number of nitrogens with zero attached hydrogens (tertiary/aromatic N) is 2. The molecule has 1 aliphatic rings. The third-order valence-electron chi connectivity index (χ3n) is 5.60.